The molecule has 0 heterocycles. The van der Waals surface area contributed by atoms with Gasteiger partial charge in [-0.05, 0) is 81.5 Å². The molecule has 0 spiro atoms. The maximum absolute atomic E-state index is 13.4. The van der Waals surface area contributed by atoms with Gasteiger partial charge in [0.05, 0.1) is 19.1 Å². The second-order valence-electron chi connectivity index (χ2n) is 9.65. The molecule has 204 valence electrons. The topological polar surface area (TPSA) is 96.0 Å². The van der Waals surface area contributed by atoms with Crippen molar-refractivity contribution in [1.29, 1.82) is 0 Å². The number of nitrogens with zero attached hydrogens (tertiary/aromatic N) is 2. The Morgan fingerprint density at radius 1 is 1.03 bits per heavy atom. The number of methoxy groups -OCH3 is 1. The van der Waals surface area contributed by atoms with E-state index in [4.69, 9.17) is 4.74 Å². The van der Waals surface area contributed by atoms with Crippen molar-refractivity contribution >= 4 is 27.5 Å². The number of benzene rings is 2. The second kappa shape index (κ2) is 13.5. The molecule has 0 saturated carbocycles. The lowest BCUT2D eigenvalue weighted by Gasteiger charge is -2.30. The van der Waals surface area contributed by atoms with Gasteiger partial charge in [0.1, 0.15) is 11.8 Å². The van der Waals surface area contributed by atoms with Crippen molar-refractivity contribution in [1.82, 2.24) is 10.2 Å². The van der Waals surface area contributed by atoms with Gasteiger partial charge in [0.2, 0.25) is 21.8 Å². The standard InChI is InChI=1S/C28H41N3O5S/c1-8-22(4)29-28(33)23(5)30(19-24-11-13-26(36-6)14-12-24)27(32)10-9-15-31(37(7,34)35)25-17-20(2)16-21(3)18-25/h11-14,16-18,22-23H,8-10,15,19H2,1-7H3,(H,29,33). The van der Waals surface area contributed by atoms with Gasteiger partial charge in [-0.1, -0.05) is 25.1 Å². The Bertz CT molecular complexity index is 1140. The Balaban J connectivity index is 2.20. The van der Waals surface area contributed by atoms with E-state index >= 15 is 0 Å². The maximum atomic E-state index is 13.4. The third-order valence-corrected chi connectivity index (χ3v) is 7.52. The first-order valence-electron chi connectivity index (χ1n) is 12.6. The zero-order chi connectivity index (χ0) is 27.8. The van der Waals surface area contributed by atoms with E-state index in [0.29, 0.717) is 17.9 Å². The third-order valence-electron chi connectivity index (χ3n) is 6.33. The maximum Gasteiger partial charge on any atom is 0.242 e. The number of nitrogens with one attached hydrogen (secondary N) is 1. The first-order valence-corrected chi connectivity index (χ1v) is 14.5. The van der Waals surface area contributed by atoms with Gasteiger partial charge in [-0.15, -0.1) is 0 Å². The molecule has 0 aliphatic carbocycles. The molecule has 1 N–H and O–H groups in total. The van der Waals surface area contributed by atoms with Crippen LogP contribution >= 0.6 is 0 Å². The van der Waals surface area contributed by atoms with Crippen LogP contribution in [0.2, 0.25) is 0 Å². The number of sulfonamides is 1. The van der Waals surface area contributed by atoms with Gasteiger partial charge in [0.15, 0.2) is 0 Å². The van der Waals surface area contributed by atoms with Crippen molar-refractivity contribution < 1.29 is 22.7 Å². The quantitative estimate of drug-likeness (QED) is 0.418. The smallest absolute Gasteiger partial charge is 0.242 e. The fourth-order valence-electron chi connectivity index (χ4n) is 4.07. The number of hydrogen-bond donors (Lipinski definition) is 1. The molecule has 0 bridgehead atoms. The van der Waals surface area contributed by atoms with Crippen molar-refractivity contribution in [2.75, 3.05) is 24.2 Å². The molecular formula is C28H41N3O5S. The van der Waals surface area contributed by atoms with Gasteiger partial charge < -0.3 is 15.0 Å². The molecule has 2 aromatic rings. The number of hydrogen-bond acceptors (Lipinski definition) is 5. The summed E-state index contributed by atoms with van der Waals surface area (Å²) in [6.07, 6.45) is 2.38. The fourth-order valence-corrected chi connectivity index (χ4v) is 5.02. The highest BCUT2D eigenvalue weighted by Gasteiger charge is 2.27. The number of aryl methyl sites for hydroxylation is 2. The average Bonchev–Trinajstić information content (AvgIpc) is 2.83. The van der Waals surface area contributed by atoms with Crippen LogP contribution in [-0.4, -0.2) is 57.1 Å². The van der Waals surface area contributed by atoms with E-state index in [2.05, 4.69) is 5.32 Å². The molecule has 0 aliphatic rings. The van der Waals surface area contributed by atoms with Crippen LogP contribution in [0.5, 0.6) is 5.75 Å². The number of amides is 2. The Hall–Kier alpha value is -3.07. The van der Waals surface area contributed by atoms with Crippen LogP contribution in [-0.2, 0) is 26.2 Å². The summed E-state index contributed by atoms with van der Waals surface area (Å²) in [7, 11) is -1.95. The summed E-state index contributed by atoms with van der Waals surface area (Å²) in [6.45, 7) is 9.89. The lowest BCUT2D eigenvalue weighted by atomic mass is 10.1. The lowest BCUT2D eigenvalue weighted by molar-refractivity contribution is -0.140. The molecular weight excluding hydrogens is 490 g/mol. The van der Waals surface area contributed by atoms with Crippen LogP contribution in [0.1, 0.15) is 56.7 Å². The molecule has 0 aromatic heterocycles. The number of carbonyl (C=O) groups excluding carboxylic acids is 2. The number of rotatable bonds is 13. The van der Waals surface area contributed by atoms with Crippen LogP contribution in [0, 0.1) is 13.8 Å². The Kier molecular flexibility index (Phi) is 11.0. The Morgan fingerprint density at radius 3 is 2.14 bits per heavy atom. The summed E-state index contributed by atoms with van der Waals surface area (Å²) in [6, 6.07) is 12.3. The van der Waals surface area contributed by atoms with Crippen molar-refractivity contribution in [2.24, 2.45) is 0 Å². The first kappa shape index (κ1) is 30.2. The van der Waals surface area contributed by atoms with Crippen LogP contribution in [0.4, 0.5) is 5.69 Å². The van der Waals surface area contributed by atoms with E-state index in [0.717, 1.165) is 23.1 Å². The van der Waals surface area contributed by atoms with Gasteiger partial charge >= 0.3 is 0 Å². The lowest BCUT2D eigenvalue weighted by Crippen LogP contribution is -2.49. The van der Waals surface area contributed by atoms with Gasteiger partial charge in [-0.2, -0.15) is 0 Å². The molecule has 8 nitrogen and oxygen atoms in total. The van der Waals surface area contributed by atoms with E-state index in [9.17, 15) is 18.0 Å². The third kappa shape index (κ3) is 9.07. The molecule has 2 unspecified atom stereocenters. The van der Waals surface area contributed by atoms with Crippen molar-refractivity contribution in [3.05, 3.63) is 59.2 Å². The van der Waals surface area contributed by atoms with Crippen molar-refractivity contribution in [3.8, 4) is 5.75 Å². The van der Waals surface area contributed by atoms with Gasteiger partial charge in [0, 0.05) is 25.6 Å². The minimum absolute atomic E-state index is 0.00556. The highest BCUT2D eigenvalue weighted by atomic mass is 32.2. The predicted octanol–water partition coefficient (Wildman–Crippen LogP) is 4.19. The Labute approximate surface area is 222 Å². The second-order valence-corrected chi connectivity index (χ2v) is 11.6. The van der Waals surface area contributed by atoms with Gasteiger partial charge in [-0.25, -0.2) is 8.42 Å². The molecule has 0 fully saturated rings. The van der Waals surface area contributed by atoms with Gasteiger partial charge in [-0.3, -0.25) is 13.9 Å². The zero-order valence-electron chi connectivity index (χ0n) is 23.1. The number of carbonyl (C=O) groups is 2. The number of ether oxygens (including phenoxy) is 1. The molecule has 9 heteroatoms. The van der Waals surface area contributed by atoms with Crippen molar-refractivity contribution in [2.45, 2.75) is 72.5 Å². The van der Waals surface area contributed by atoms with E-state index in [1.54, 1.807) is 18.9 Å². The summed E-state index contributed by atoms with van der Waals surface area (Å²) < 4.78 is 31.7. The SMILES string of the molecule is CCC(C)NC(=O)C(C)N(Cc1ccc(OC)cc1)C(=O)CCCN(c1cc(C)cc(C)c1)S(C)(=O)=O. The van der Waals surface area contributed by atoms with E-state index in [-0.39, 0.29) is 37.4 Å². The fraction of sp³-hybridized carbons (Fsp3) is 0.500. The van der Waals surface area contributed by atoms with E-state index in [1.165, 1.54) is 10.6 Å². The van der Waals surface area contributed by atoms with E-state index < -0.39 is 16.1 Å². The molecule has 2 amide bonds. The highest BCUT2D eigenvalue weighted by Crippen LogP contribution is 2.22. The van der Waals surface area contributed by atoms with E-state index in [1.807, 2.05) is 70.2 Å². The predicted molar refractivity (Wildman–Crippen MR) is 148 cm³/mol. The monoisotopic (exact) mass is 531 g/mol. The molecule has 2 aromatic carbocycles. The minimum atomic E-state index is -3.54. The zero-order valence-corrected chi connectivity index (χ0v) is 23.9. The molecule has 0 radical (unpaired) electrons. The average molecular weight is 532 g/mol. The summed E-state index contributed by atoms with van der Waals surface area (Å²) in [5, 5.41) is 2.95. The van der Waals surface area contributed by atoms with Crippen LogP contribution in [0.15, 0.2) is 42.5 Å². The minimum Gasteiger partial charge on any atom is -0.497 e. The molecule has 2 atom stereocenters. The Morgan fingerprint density at radius 2 is 1.62 bits per heavy atom. The van der Waals surface area contributed by atoms with Crippen LogP contribution in [0.25, 0.3) is 0 Å². The molecule has 0 saturated heterocycles. The summed E-state index contributed by atoms with van der Waals surface area (Å²) >= 11 is 0. The summed E-state index contributed by atoms with van der Waals surface area (Å²) in [5.74, 6) is 0.275. The van der Waals surface area contributed by atoms with Crippen molar-refractivity contribution in [3.63, 3.8) is 0 Å². The normalized spacial score (nSPS) is 12.9. The molecule has 2 rings (SSSR count). The summed E-state index contributed by atoms with van der Waals surface area (Å²) in [5.41, 5.74) is 3.38. The largest absolute Gasteiger partial charge is 0.497 e. The number of anilines is 1. The highest BCUT2D eigenvalue weighted by molar-refractivity contribution is 7.92. The molecule has 37 heavy (non-hydrogen) atoms. The van der Waals surface area contributed by atoms with Crippen LogP contribution < -0.4 is 14.4 Å². The van der Waals surface area contributed by atoms with Gasteiger partial charge in [0.25, 0.3) is 0 Å². The summed E-state index contributed by atoms with van der Waals surface area (Å²) in [4.78, 5) is 27.9. The molecule has 0 aliphatic heterocycles. The van der Waals surface area contributed by atoms with Crippen LogP contribution in [0.3, 0.4) is 0 Å². The first-order chi connectivity index (χ1) is 17.3.